The number of urea groups is 1. The van der Waals surface area contributed by atoms with Gasteiger partial charge in [0.25, 0.3) is 0 Å². The van der Waals surface area contributed by atoms with E-state index in [1.807, 2.05) is 13.8 Å². The quantitative estimate of drug-likeness (QED) is 0.299. The van der Waals surface area contributed by atoms with E-state index in [-0.39, 0.29) is 34.9 Å². The van der Waals surface area contributed by atoms with Crippen LogP contribution in [0.25, 0.3) is 0 Å². The normalized spacial score (nSPS) is 13.3. The Bertz CT molecular complexity index is 1060. The lowest BCUT2D eigenvalue weighted by molar-refractivity contribution is 0.0495. The summed E-state index contributed by atoms with van der Waals surface area (Å²) in [4.78, 5) is 26.2. The van der Waals surface area contributed by atoms with E-state index in [0.29, 0.717) is 19.5 Å². The molecule has 0 unspecified atom stereocenters. The van der Waals surface area contributed by atoms with Crippen LogP contribution >= 0.6 is 0 Å². The van der Waals surface area contributed by atoms with E-state index in [4.69, 9.17) is 8.92 Å². The second-order valence-electron chi connectivity index (χ2n) is 7.86. The summed E-state index contributed by atoms with van der Waals surface area (Å²) < 4.78 is 36.2. The molecular weight excluding hydrogens is 444 g/mol. The highest BCUT2D eigenvalue weighted by Gasteiger charge is 2.32. The number of carbonyl (C=O) groups excluding carboxylic acids is 2. The summed E-state index contributed by atoms with van der Waals surface area (Å²) in [6.45, 7) is 5.05. The fourth-order valence-corrected chi connectivity index (χ4v) is 4.38. The molecule has 1 aliphatic carbocycles. The van der Waals surface area contributed by atoms with Gasteiger partial charge in [0, 0.05) is 19.1 Å². The van der Waals surface area contributed by atoms with Gasteiger partial charge in [-0.1, -0.05) is 37.6 Å². The summed E-state index contributed by atoms with van der Waals surface area (Å²) in [6, 6.07) is 12.5. The van der Waals surface area contributed by atoms with Crippen LogP contribution in [0.4, 0.5) is 4.79 Å². The summed E-state index contributed by atoms with van der Waals surface area (Å²) >= 11 is 0. The van der Waals surface area contributed by atoms with Crippen molar-refractivity contribution in [2.45, 2.75) is 57.0 Å². The SMILES string of the molecule is CCCCOC(=O)c1ccccc1S(=O)(=O)Oc1ccc(CN(C(=O)NCC)C2CC2)cc1. The molecule has 33 heavy (non-hydrogen) atoms. The molecule has 0 saturated heterocycles. The third kappa shape index (κ3) is 6.71. The van der Waals surface area contributed by atoms with Crippen molar-refractivity contribution in [2.75, 3.05) is 13.2 Å². The second kappa shape index (κ2) is 11.2. The Kier molecular flexibility index (Phi) is 8.32. The van der Waals surface area contributed by atoms with Gasteiger partial charge < -0.3 is 19.1 Å². The maximum Gasteiger partial charge on any atom is 0.340 e. The van der Waals surface area contributed by atoms with Crippen molar-refractivity contribution < 1.29 is 26.9 Å². The Hall–Kier alpha value is -3.07. The number of benzene rings is 2. The number of nitrogens with one attached hydrogen (secondary N) is 1. The molecule has 9 heteroatoms. The average Bonchev–Trinajstić information content (AvgIpc) is 3.64. The van der Waals surface area contributed by atoms with Crippen LogP contribution in [0.1, 0.15) is 55.5 Å². The lowest BCUT2D eigenvalue weighted by Gasteiger charge is -2.22. The number of hydrogen-bond acceptors (Lipinski definition) is 6. The van der Waals surface area contributed by atoms with Crippen molar-refractivity contribution in [3.05, 3.63) is 59.7 Å². The minimum Gasteiger partial charge on any atom is -0.462 e. The van der Waals surface area contributed by atoms with Gasteiger partial charge in [0.05, 0.1) is 12.2 Å². The summed E-state index contributed by atoms with van der Waals surface area (Å²) in [6.07, 6.45) is 3.52. The van der Waals surface area contributed by atoms with Crippen LogP contribution in [-0.2, 0) is 21.4 Å². The molecule has 1 saturated carbocycles. The maximum atomic E-state index is 12.9. The number of ether oxygens (including phenoxy) is 1. The molecule has 1 aliphatic rings. The van der Waals surface area contributed by atoms with E-state index in [0.717, 1.165) is 24.8 Å². The summed E-state index contributed by atoms with van der Waals surface area (Å²) in [5.41, 5.74) is 0.796. The van der Waals surface area contributed by atoms with Crippen molar-refractivity contribution in [2.24, 2.45) is 0 Å². The number of esters is 1. The monoisotopic (exact) mass is 474 g/mol. The molecule has 0 heterocycles. The lowest BCUT2D eigenvalue weighted by atomic mass is 10.2. The van der Waals surface area contributed by atoms with E-state index in [1.54, 1.807) is 23.1 Å². The molecule has 0 aliphatic heterocycles. The van der Waals surface area contributed by atoms with Gasteiger partial charge in [-0.15, -0.1) is 0 Å². The first-order valence-electron chi connectivity index (χ1n) is 11.2. The van der Waals surface area contributed by atoms with Gasteiger partial charge in [-0.25, -0.2) is 9.59 Å². The number of nitrogens with zero attached hydrogens (tertiary/aromatic N) is 1. The molecule has 0 bridgehead atoms. The number of unbranched alkanes of at least 4 members (excludes halogenated alkanes) is 1. The predicted molar refractivity (Wildman–Crippen MR) is 124 cm³/mol. The Labute approximate surface area is 195 Å². The van der Waals surface area contributed by atoms with Gasteiger partial charge in [0.2, 0.25) is 0 Å². The first kappa shape index (κ1) is 24.6. The van der Waals surface area contributed by atoms with Crippen molar-refractivity contribution >= 4 is 22.1 Å². The zero-order chi connectivity index (χ0) is 23.8. The Balaban J connectivity index is 1.71. The predicted octanol–water partition coefficient (Wildman–Crippen LogP) is 4.11. The van der Waals surface area contributed by atoms with Crippen LogP contribution in [0, 0.1) is 0 Å². The van der Waals surface area contributed by atoms with E-state index < -0.39 is 16.1 Å². The molecule has 0 spiro atoms. The van der Waals surface area contributed by atoms with Crippen LogP contribution in [0.2, 0.25) is 0 Å². The summed E-state index contributed by atoms with van der Waals surface area (Å²) in [5, 5.41) is 2.82. The third-order valence-electron chi connectivity index (χ3n) is 5.17. The van der Waals surface area contributed by atoms with Gasteiger partial charge in [-0.05, 0) is 56.0 Å². The molecule has 0 atom stereocenters. The Morgan fingerprint density at radius 2 is 1.76 bits per heavy atom. The highest BCUT2D eigenvalue weighted by atomic mass is 32.2. The number of hydrogen-bond donors (Lipinski definition) is 1. The van der Waals surface area contributed by atoms with E-state index >= 15 is 0 Å². The third-order valence-corrected chi connectivity index (χ3v) is 6.47. The largest absolute Gasteiger partial charge is 0.462 e. The first-order valence-corrected chi connectivity index (χ1v) is 12.6. The molecule has 1 N–H and O–H groups in total. The zero-order valence-electron chi connectivity index (χ0n) is 19.0. The number of carbonyl (C=O) groups is 2. The topological polar surface area (TPSA) is 102 Å². The first-order chi connectivity index (χ1) is 15.9. The van der Waals surface area contributed by atoms with Crippen LogP contribution in [-0.4, -0.2) is 44.5 Å². The Morgan fingerprint density at radius 3 is 2.39 bits per heavy atom. The molecule has 178 valence electrons. The van der Waals surface area contributed by atoms with Crippen molar-refractivity contribution in [1.82, 2.24) is 10.2 Å². The van der Waals surface area contributed by atoms with Crippen LogP contribution in [0.15, 0.2) is 53.4 Å². The Morgan fingerprint density at radius 1 is 1.06 bits per heavy atom. The van der Waals surface area contributed by atoms with Gasteiger partial charge >= 0.3 is 22.1 Å². The molecule has 8 nitrogen and oxygen atoms in total. The zero-order valence-corrected chi connectivity index (χ0v) is 19.8. The molecule has 1 fully saturated rings. The van der Waals surface area contributed by atoms with Crippen molar-refractivity contribution in [1.29, 1.82) is 0 Å². The molecule has 2 aromatic rings. The smallest absolute Gasteiger partial charge is 0.340 e. The van der Waals surface area contributed by atoms with Crippen molar-refractivity contribution in [3.8, 4) is 5.75 Å². The lowest BCUT2D eigenvalue weighted by Crippen LogP contribution is -2.40. The van der Waals surface area contributed by atoms with Crippen LogP contribution in [0.3, 0.4) is 0 Å². The molecular formula is C24H30N2O6S. The minimum atomic E-state index is -4.26. The van der Waals surface area contributed by atoms with Gasteiger partial charge in [-0.2, -0.15) is 8.42 Å². The van der Waals surface area contributed by atoms with Crippen LogP contribution < -0.4 is 9.50 Å². The molecule has 2 aromatic carbocycles. The summed E-state index contributed by atoms with van der Waals surface area (Å²) in [5.74, 6) is -0.587. The van der Waals surface area contributed by atoms with E-state index in [9.17, 15) is 18.0 Å². The molecule has 2 amide bonds. The fourth-order valence-electron chi connectivity index (χ4n) is 3.26. The molecule has 3 rings (SSSR count). The van der Waals surface area contributed by atoms with Gasteiger partial charge in [0.1, 0.15) is 10.6 Å². The van der Waals surface area contributed by atoms with E-state index in [2.05, 4.69) is 5.32 Å². The summed E-state index contributed by atoms with van der Waals surface area (Å²) in [7, 11) is -4.26. The molecule has 0 aromatic heterocycles. The second-order valence-corrected chi connectivity index (χ2v) is 9.38. The maximum absolute atomic E-state index is 12.9. The van der Waals surface area contributed by atoms with Crippen LogP contribution in [0.5, 0.6) is 5.75 Å². The number of rotatable bonds is 11. The number of amides is 2. The standard InChI is InChI=1S/C24H30N2O6S/c1-3-5-16-31-23(27)21-8-6-7-9-22(21)33(29,30)32-20-14-10-18(11-15-20)17-26(19-12-13-19)24(28)25-4-2/h6-11,14-15,19H,3-5,12-13,16-17H2,1-2H3,(H,25,28). The highest BCUT2D eigenvalue weighted by Crippen LogP contribution is 2.29. The minimum absolute atomic E-state index is 0.0627. The fraction of sp³-hybridized carbons (Fsp3) is 0.417. The average molecular weight is 475 g/mol. The van der Waals surface area contributed by atoms with Crippen molar-refractivity contribution in [3.63, 3.8) is 0 Å². The van der Waals surface area contributed by atoms with Gasteiger partial charge in [0.15, 0.2) is 0 Å². The molecule has 0 radical (unpaired) electrons. The highest BCUT2D eigenvalue weighted by molar-refractivity contribution is 7.87. The van der Waals surface area contributed by atoms with Gasteiger partial charge in [-0.3, -0.25) is 0 Å². The van der Waals surface area contributed by atoms with E-state index in [1.165, 1.54) is 30.3 Å².